The van der Waals surface area contributed by atoms with Gasteiger partial charge in [-0.2, -0.15) is 5.10 Å². The van der Waals surface area contributed by atoms with Gasteiger partial charge in [-0.3, -0.25) is 4.79 Å². The molecule has 1 aromatic carbocycles. The fraction of sp³-hybridized carbons (Fsp3) is 0.118. The van der Waals surface area contributed by atoms with E-state index in [2.05, 4.69) is 15.6 Å². The van der Waals surface area contributed by atoms with Gasteiger partial charge in [0.2, 0.25) is 5.91 Å². The molecule has 0 bridgehead atoms. The van der Waals surface area contributed by atoms with Crippen LogP contribution in [0.5, 0.6) is 0 Å². The molecule has 6 heteroatoms. The smallest absolute Gasteiger partial charge is 0.248 e. The maximum Gasteiger partial charge on any atom is 0.248 e. The van der Waals surface area contributed by atoms with Gasteiger partial charge < -0.3 is 9.84 Å². The third-order valence-corrected chi connectivity index (χ3v) is 3.33. The number of aryl methyl sites for hydroxylation is 2. The summed E-state index contributed by atoms with van der Waals surface area (Å²) in [6, 6.07) is 9.77. The third kappa shape index (κ3) is 3.37. The summed E-state index contributed by atoms with van der Waals surface area (Å²) >= 11 is 0. The molecule has 0 spiro atoms. The fourth-order valence-corrected chi connectivity index (χ4v) is 2.14. The molecule has 2 heterocycles. The summed E-state index contributed by atoms with van der Waals surface area (Å²) in [6.07, 6.45) is 6.72. The number of hydrogen-bond acceptors (Lipinski definition) is 4. The first kappa shape index (κ1) is 14.8. The predicted octanol–water partition coefficient (Wildman–Crippen LogP) is 3.13. The number of rotatable bonds is 4. The van der Waals surface area contributed by atoms with Crippen LogP contribution in [0.25, 0.3) is 11.8 Å². The molecule has 0 saturated carbocycles. The highest BCUT2D eigenvalue weighted by Gasteiger charge is 2.10. The Morgan fingerprint density at radius 1 is 1.26 bits per heavy atom. The molecule has 0 aliphatic heterocycles. The molecule has 1 amide bonds. The molecule has 116 valence electrons. The molecule has 3 aromatic rings. The van der Waals surface area contributed by atoms with Crippen LogP contribution in [0.4, 0.5) is 5.69 Å². The van der Waals surface area contributed by atoms with Gasteiger partial charge in [0.25, 0.3) is 0 Å². The number of carbonyl (C=O) groups excluding carboxylic acids is 1. The largest absolute Gasteiger partial charge is 0.359 e. The van der Waals surface area contributed by atoms with Gasteiger partial charge in [-0.1, -0.05) is 23.4 Å². The summed E-state index contributed by atoms with van der Waals surface area (Å²) in [5.41, 5.74) is 3.07. The molecule has 1 N–H and O–H groups in total. The summed E-state index contributed by atoms with van der Waals surface area (Å²) in [6.45, 7) is 3.53. The van der Waals surface area contributed by atoms with Crippen LogP contribution in [-0.2, 0) is 4.79 Å². The molecule has 23 heavy (non-hydrogen) atoms. The molecule has 0 fully saturated rings. The highest BCUT2D eigenvalue weighted by atomic mass is 16.5. The fourth-order valence-electron chi connectivity index (χ4n) is 2.14. The van der Waals surface area contributed by atoms with Crippen molar-refractivity contribution in [2.75, 3.05) is 5.32 Å². The molecule has 3 rings (SSSR count). The lowest BCUT2D eigenvalue weighted by molar-refractivity contribution is -0.111. The Kier molecular flexibility index (Phi) is 4.05. The van der Waals surface area contributed by atoms with Crippen LogP contribution < -0.4 is 5.32 Å². The Balaban J connectivity index is 1.69. The van der Waals surface area contributed by atoms with Gasteiger partial charge in [-0.05, 0) is 32.1 Å². The van der Waals surface area contributed by atoms with E-state index in [0.29, 0.717) is 17.1 Å². The van der Waals surface area contributed by atoms with E-state index < -0.39 is 0 Å². The summed E-state index contributed by atoms with van der Waals surface area (Å²) in [5.74, 6) is 0.341. The minimum Gasteiger partial charge on any atom is -0.359 e. The van der Waals surface area contributed by atoms with E-state index in [1.54, 1.807) is 30.8 Å². The van der Waals surface area contributed by atoms with Crippen molar-refractivity contribution in [2.45, 2.75) is 13.8 Å². The summed E-state index contributed by atoms with van der Waals surface area (Å²) in [5, 5.41) is 10.8. The van der Waals surface area contributed by atoms with E-state index in [9.17, 15) is 4.79 Å². The topological polar surface area (TPSA) is 73.0 Å². The van der Waals surface area contributed by atoms with Gasteiger partial charge in [0.15, 0.2) is 5.76 Å². The van der Waals surface area contributed by atoms with Crippen molar-refractivity contribution in [3.8, 4) is 5.69 Å². The molecule has 0 aliphatic carbocycles. The standard InChI is InChI=1S/C17H16N4O2/c1-12-17(13(2)23-20-12)19-16(22)9-8-14-10-18-21(11-14)15-6-4-3-5-7-15/h3-11H,1-2H3,(H,19,22)/b9-8+. The maximum atomic E-state index is 12.0. The third-order valence-electron chi connectivity index (χ3n) is 3.33. The number of amides is 1. The van der Waals surface area contributed by atoms with E-state index in [-0.39, 0.29) is 5.91 Å². The van der Waals surface area contributed by atoms with Crippen LogP contribution in [0.1, 0.15) is 17.0 Å². The molecular formula is C17H16N4O2. The van der Waals surface area contributed by atoms with Crippen LogP contribution in [0.3, 0.4) is 0 Å². The molecule has 0 unspecified atom stereocenters. The van der Waals surface area contributed by atoms with Crippen LogP contribution >= 0.6 is 0 Å². The second kappa shape index (κ2) is 6.31. The highest BCUT2D eigenvalue weighted by molar-refractivity contribution is 6.02. The number of anilines is 1. The molecule has 0 radical (unpaired) electrons. The van der Waals surface area contributed by atoms with Crippen LogP contribution in [0.15, 0.2) is 53.3 Å². The van der Waals surface area contributed by atoms with Gasteiger partial charge in [-0.25, -0.2) is 4.68 Å². The van der Waals surface area contributed by atoms with Gasteiger partial charge in [0.05, 0.1) is 11.9 Å². The first-order valence-electron chi connectivity index (χ1n) is 7.15. The quantitative estimate of drug-likeness (QED) is 0.752. The number of aromatic nitrogens is 3. The van der Waals surface area contributed by atoms with E-state index >= 15 is 0 Å². The first-order chi connectivity index (χ1) is 11.1. The van der Waals surface area contributed by atoms with Crippen molar-refractivity contribution in [1.82, 2.24) is 14.9 Å². The molecule has 0 saturated heterocycles. The number of nitrogens with zero attached hydrogens (tertiary/aromatic N) is 3. The Hall–Kier alpha value is -3.15. The predicted molar refractivity (Wildman–Crippen MR) is 87.2 cm³/mol. The normalized spacial score (nSPS) is 11.0. The number of para-hydroxylation sites is 1. The summed E-state index contributed by atoms with van der Waals surface area (Å²) < 4.78 is 6.76. The van der Waals surface area contributed by atoms with Crippen molar-refractivity contribution in [3.63, 3.8) is 0 Å². The van der Waals surface area contributed by atoms with Gasteiger partial charge >= 0.3 is 0 Å². The van der Waals surface area contributed by atoms with E-state index in [0.717, 1.165) is 11.3 Å². The second-order valence-corrected chi connectivity index (χ2v) is 5.08. The van der Waals surface area contributed by atoms with Crippen LogP contribution in [0, 0.1) is 13.8 Å². The second-order valence-electron chi connectivity index (χ2n) is 5.08. The first-order valence-corrected chi connectivity index (χ1v) is 7.15. The Morgan fingerprint density at radius 2 is 2.04 bits per heavy atom. The SMILES string of the molecule is Cc1noc(C)c1NC(=O)/C=C/c1cnn(-c2ccccc2)c1. The summed E-state index contributed by atoms with van der Waals surface area (Å²) in [4.78, 5) is 12.0. The lowest BCUT2D eigenvalue weighted by Gasteiger charge is -1.99. The van der Waals surface area contributed by atoms with E-state index in [1.165, 1.54) is 6.08 Å². The zero-order chi connectivity index (χ0) is 16.2. The molecular weight excluding hydrogens is 292 g/mol. The highest BCUT2D eigenvalue weighted by Crippen LogP contribution is 2.18. The number of hydrogen-bond donors (Lipinski definition) is 1. The maximum absolute atomic E-state index is 12.0. The lowest BCUT2D eigenvalue weighted by atomic mass is 10.3. The zero-order valence-corrected chi connectivity index (χ0v) is 12.9. The van der Waals surface area contributed by atoms with Crippen molar-refractivity contribution in [1.29, 1.82) is 0 Å². The average molecular weight is 308 g/mol. The summed E-state index contributed by atoms with van der Waals surface area (Å²) in [7, 11) is 0. The Bertz CT molecular complexity index is 827. The molecule has 2 aromatic heterocycles. The van der Waals surface area contributed by atoms with E-state index in [4.69, 9.17) is 4.52 Å². The minimum absolute atomic E-state index is 0.244. The van der Waals surface area contributed by atoms with Crippen molar-refractivity contribution < 1.29 is 9.32 Å². The molecule has 0 atom stereocenters. The number of carbonyl (C=O) groups is 1. The molecule has 6 nitrogen and oxygen atoms in total. The van der Waals surface area contributed by atoms with E-state index in [1.807, 2.05) is 36.5 Å². The Labute approximate surface area is 133 Å². The van der Waals surface area contributed by atoms with Crippen LogP contribution in [-0.4, -0.2) is 20.8 Å². The number of nitrogens with one attached hydrogen (secondary N) is 1. The zero-order valence-electron chi connectivity index (χ0n) is 12.9. The minimum atomic E-state index is -0.244. The average Bonchev–Trinajstić information content (AvgIpc) is 3.16. The van der Waals surface area contributed by atoms with Gasteiger partial charge in [0.1, 0.15) is 11.4 Å². The monoisotopic (exact) mass is 308 g/mol. The molecule has 0 aliphatic rings. The van der Waals surface area contributed by atoms with Crippen molar-refractivity contribution in [3.05, 3.63) is 65.8 Å². The van der Waals surface area contributed by atoms with Gasteiger partial charge in [0, 0.05) is 17.8 Å². The van der Waals surface area contributed by atoms with Crippen LogP contribution in [0.2, 0.25) is 0 Å². The Morgan fingerprint density at radius 3 is 2.74 bits per heavy atom. The van der Waals surface area contributed by atoms with Gasteiger partial charge in [-0.15, -0.1) is 0 Å². The lowest BCUT2D eigenvalue weighted by Crippen LogP contribution is -2.08. The van der Waals surface area contributed by atoms with Crippen molar-refractivity contribution in [2.24, 2.45) is 0 Å². The number of benzene rings is 1. The van der Waals surface area contributed by atoms with Crippen molar-refractivity contribution >= 4 is 17.7 Å².